The molecule has 1 heterocycles. The molecule has 0 aliphatic heterocycles. The second kappa shape index (κ2) is 8.63. The van der Waals surface area contributed by atoms with E-state index >= 15 is 0 Å². The van der Waals surface area contributed by atoms with E-state index < -0.39 is 10.0 Å². The largest absolute Gasteiger partial charge is 0.383 e. The van der Waals surface area contributed by atoms with Crippen molar-refractivity contribution in [2.24, 2.45) is 0 Å². The zero-order chi connectivity index (χ0) is 14.1. The molecule has 0 aromatic carbocycles. The number of aromatic nitrogens is 1. The quantitative estimate of drug-likeness (QED) is 0.682. The van der Waals surface area contributed by atoms with E-state index in [1.165, 1.54) is 0 Å². The normalized spacial score (nSPS) is 13.4. The lowest BCUT2D eigenvalue weighted by atomic mass is 10.2. The molecule has 0 fully saturated rings. The maximum atomic E-state index is 12.0. The number of nitrogens with zero attached hydrogens (tertiary/aromatic N) is 1. The summed E-state index contributed by atoms with van der Waals surface area (Å²) < 4.78 is 31.6. The average Bonchev–Trinajstić information content (AvgIpc) is 2.38. The minimum absolute atomic E-state index is 0.0690. The van der Waals surface area contributed by atoms with E-state index in [-0.39, 0.29) is 11.8 Å². The van der Waals surface area contributed by atoms with Crippen molar-refractivity contribution < 1.29 is 13.2 Å². The second-order valence-electron chi connectivity index (χ2n) is 4.17. The van der Waals surface area contributed by atoms with Crippen molar-refractivity contribution in [3.05, 3.63) is 30.1 Å². The van der Waals surface area contributed by atoms with Gasteiger partial charge in [-0.25, -0.2) is 13.1 Å². The molecule has 1 aromatic heterocycles. The summed E-state index contributed by atoms with van der Waals surface area (Å²) in [5.41, 5.74) is 0.962. The first kappa shape index (κ1) is 16.6. The van der Waals surface area contributed by atoms with Crippen molar-refractivity contribution >= 4 is 26.0 Å². The molecule has 7 heteroatoms. The van der Waals surface area contributed by atoms with E-state index in [9.17, 15) is 8.42 Å². The molecule has 1 atom stereocenters. The summed E-state index contributed by atoms with van der Waals surface area (Å²) >= 11 is 3.31. The van der Waals surface area contributed by atoms with Crippen LogP contribution >= 0.6 is 15.9 Å². The predicted octanol–water partition coefficient (Wildman–Crippen LogP) is 1.34. The van der Waals surface area contributed by atoms with Gasteiger partial charge in [-0.1, -0.05) is 15.9 Å². The summed E-state index contributed by atoms with van der Waals surface area (Å²) in [6, 6.07) is 3.45. The smallest absolute Gasteiger partial charge is 0.212 e. The van der Waals surface area contributed by atoms with Crippen LogP contribution in [-0.2, 0) is 21.2 Å². The standard InChI is InChI=1S/C12H19BrN2O3S/c1-18-10-12(2-6-13)15-19(16,17)9-5-11-3-7-14-8-4-11/h3-4,7-8,12,15H,2,5-6,9-10H2,1H3. The highest BCUT2D eigenvalue weighted by molar-refractivity contribution is 9.09. The zero-order valence-corrected chi connectivity index (χ0v) is 13.3. The summed E-state index contributed by atoms with van der Waals surface area (Å²) in [7, 11) is -1.73. The molecular formula is C12H19BrN2O3S. The molecule has 108 valence electrons. The summed E-state index contributed by atoms with van der Waals surface area (Å²) in [6.07, 6.45) is 4.50. The maximum absolute atomic E-state index is 12.0. The van der Waals surface area contributed by atoms with Gasteiger partial charge in [0.05, 0.1) is 12.4 Å². The Kier molecular flexibility index (Phi) is 7.52. The fourth-order valence-corrected chi connectivity index (χ4v) is 3.49. The molecule has 19 heavy (non-hydrogen) atoms. The van der Waals surface area contributed by atoms with Crippen molar-refractivity contribution in [1.82, 2.24) is 9.71 Å². The maximum Gasteiger partial charge on any atom is 0.212 e. The lowest BCUT2D eigenvalue weighted by Crippen LogP contribution is -2.39. The van der Waals surface area contributed by atoms with Crippen LogP contribution in [0.3, 0.4) is 0 Å². The predicted molar refractivity (Wildman–Crippen MR) is 78.9 cm³/mol. The first-order valence-corrected chi connectivity index (χ1v) is 8.78. The van der Waals surface area contributed by atoms with Gasteiger partial charge in [-0.3, -0.25) is 4.98 Å². The van der Waals surface area contributed by atoms with Crippen LogP contribution in [0.25, 0.3) is 0 Å². The van der Waals surface area contributed by atoms with Gasteiger partial charge in [0, 0.05) is 30.9 Å². The van der Waals surface area contributed by atoms with E-state index in [2.05, 4.69) is 25.6 Å². The molecule has 0 aliphatic carbocycles. The first-order valence-electron chi connectivity index (χ1n) is 6.01. The Hall–Kier alpha value is -0.500. The number of sulfonamides is 1. The van der Waals surface area contributed by atoms with Crippen molar-refractivity contribution in [1.29, 1.82) is 0 Å². The van der Waals surface area contributed by atoms with Crippen LogP contribution < -0.4 is 4.72 Å². The van der Waals surface area contributed by atoms with E-state index in [0.717, 1.165) is 10.9 Å². The molecule has 1 rings (SSSR count). The molecule has 0 saturated heterocycles. The SMILES string of the molecule is COCC(CCBr)NS(=O)(=O)CCc1ccncc1. The minimum atomic E-state index is -3.29. The Balaban J connectivity index is 2.50. The van der Waals surface area contributed by atoms with Crippen molar-refractivity contribution in [3.8, 4) is 0 Å². The van der Waals surface area contributed by atoms with Crippen LogP contribution in [0.15, 0.2) is 24.5 Å². The Morgan fingerprint density at radius 3 is 2.68 bits per heavy atom. The van der Waals surface area contributed by atoms with Gasteiger partial charge in [-0.2, -0.15) is 0 Å². The van der Waals surface area contributed by atoms with Gasteiger partial charge in [0.15, 0.2) is 0 Å². The summed E-state index contributed by atoms with van der Waals surface area (Å²) in [5.74, 6) is 0.0690. The van der Waals surface area contributed by atoms with Crippen LogP contribution in [0.2, 0.25) is 0 Å². The highest BCUT2D eigenvalue weighted by atomic mass is 79.9. The summed E-state index contributed by atoms with van der Waals surface area (Å²) in [4.78, 5) is 3.90. The van der Waals surface area contributed by atoms with E-state index in [1.807, 2.05) is 12.1 Å². The first-order chi connectivity index (χ1) is 9.07. The molecule has 0 amide bonds. The lowest BCUT2D eigenvalue weighted by molar-refractivity contribution is 0.173. The second-order valence-corrected chi connectivity index (χ2v) is 6.84. The Morgan fingerprint density at radius 2 is 2.11 bits per heavy atom. The van der Waals surface area contributed by atoms with E-state index in [0.29, 0.717) is 19.4 Å². The van der Waals surface area contributed by atoms with Crippen LogP contribution in [-0.4, -0.2) is 44.2 Å². The third-order valence-electron chi connectivity index (χ3n) is 2.58. The zero-order valence-electron chi connectivity index (χ0n) is 10.9. The lowest BCUT2D eigenvalue weighted by Gasteiger charge is -2.16. The Labute approximate surface area is 122 Å². The molecule has 1 N–H and O–H groups in total. The Morgan fingerprint density at radius 1 is 1.42 bits per heavy atom. The molecule has 0 aliphatic rings. The number of halogens is 1. The van der Waals surface area contributed by atoms with Gasteiger partial charge in [-0.15, -0.1) is 0 Å². The molecular weight excluding hydrogens is 332 g/mol. The number of methoxy groups -OCH3 is 1. The van der Waals surface area contributed by atoms with E-state index in [4.69, 9.17) is 4.74 Å². The number of pyridine rings is 1. The van der Waals surface area contributed by atoms with Crippen molar-refractivity contribution in [2.45, 2.75) is 18.9 Å². The third kappa shape index (κ3) is 7.00. The number of rotatable bonds is 9. The van der Waals surface area contributed by atoms with Gasteiger partial charge < -0.3 is 4.74 Å². The summed E-state index contributed by atoms with van der Waals surface area (Å²) in [5, 5.41) is 0.730. The molecule has 5 nitrogen and oxygen atoms in total. The molecule has 0 saturated carbocycles. The minimum Gasteiger partial charge on any atom is -0.383 e. The van der Waals surface area contributed by atoms with Crippen LogP contribution in [0.1, 0.15) is 12.0 Å². The van der Waals surface area contributed by atoms with E-state index in [1.54, 1.807) is 19.5 Å². The van der Waals surface area contributed by atoms with Gasteiger partial charge in [0.1, 0.15) is 0 Å². The Bertz CT molecular complexity index is 447. The number of alkyl halides is 1. The van der Waals surface area contributed by atoms with Crippen LogP contribution in [0, 0.1) is 0 Å². The summed E-state index contributed by atoms with van der Waals surface area (Å²) in [6.45, 7) is 0.375. The van der Waals surface area contributed by atoms with Crippen LogP contribution in [0.5, 0.6) is 0 Å². The fraction of sp³-hybridized carbons (Fsp3) is 0.583. The van der Waals surface area contributed by atoms with Crippen molar-refractivity contribution in [3.63, 3.8) is 0 Å². The average molecular weight is 351 g/mol. The number of hydrogen-bond donors (Lipinski definition) is 1. The number of nitrogens with one attached hydrogen (secondary N) is 1. The topological polar surface area (TPSA) is 68.3 Å². The number of ether oxygens (including phenoxy) is 1. The van der Waals surface area contributed by atoms with Gasteiger partial charge in [0.2, 0.25) is 10.0 Å². The fourth-order valence-electron chi connectivity index (χ4n) is 1.62. The number of hydrogen-bond acceptors (Lipinski definition) is 4. The van der Waals surface area contributed by atoms with Crippen LogP contribution in [0.4, 0.5) is 0 Å². The highest BCUT2D eigenvalue weighted by Crippen LogP contribution is 2.03. The highest BCUT2D eigenvalue weighted by Gasteiger charge is 2.17. The van der Waals surface area contributed by atoms with Crippen molar-refractivity contribution in [2.75, 3.05) is 24.8 Å². The molecule has 0 radical (unpaired) electrons. The molecule has 1 unspecified atom stereocenters. The molecule has 0 bridgehead atoms. The van der Waals surface area contributed by atoms with Gasteiger partial charge >= 0.3 is 0 Å². The number of aryl methyl sites for hydroxylation is 1. The third-order valence-corrected chi connectivity index (χ3v) is 4.47. The molecule has 1 aromatic rings. The monoisotopic (exact) mass is 350 g/mol. The molecule has 0 spiro atoms. The van der Waals surface area contributed by atoms with Gasteiger partial charge in [0.25, 0.3) is 0 Å². The van der Waals surface area contributed by atoms with Gasteiger partial charge in [-0.05, 0) is 30.5 Å².